The van der Waals surface area contributed by atoms with E-state index in [0.717, 1.165) is 44.2 Å². The van der Waals surface area contributed by atoms with Gasteiger partial charge >= 0.3 is 0 Å². The second-order valence-electron chi connectivity index (χ2n) is 4.56. The van der Waals surface area contributed by atoms with Crippen molar-refractivity contribution in [2.24, 2.45) is 0 Å². The van der Waals surface area contributed by atoms with Crippen LogP contribution in [-0.2, 0) is 12.8 Å². The molecular formula is C14H10Br2ClNO. The van der Waals surface area contributed by atoms with Gasteiger partial charge in [-0.3, -0.25) is 4.98 Å². The third-order valence-corrected chi connectivity index (χ3v) is 4.65. The summed E-state index contributed by atoms with van der Waals surface area (Å²) in [5.41, 5.74) is 3.74. The van der Waals surface area contributed by atoms with Crippen molar-refractivity contribution in [3.8, 4) is 0 Å². The Labute approximate surface area is 133 Å². The number of pyridine rings is 1. The zero-order valence-electron chi connectivity index (χ0n) is 9.83. The van der Waals surface area contributed by atoms with Gasteiger partial charge < -0.3 is 5.11 Å². The van der Waals surface area contributed by atoms with Crippen molar-refractivity contribution in [1.29, 1.82) is 0 Å². The average molecular weight is 404 g/mol. The third kappa shape index (κ3) is 2.47. The number of nitrogens with zero attached hydrogens (tertiary/aromatic N) is 1. The highest BCUT2D eigenvalue weighted by Gasteiger charge is 2.25. The molecule has 0 amide bonds. The minimum absolute atomic E-state index is 0.679. The van der Waals surface area contributed by atoms with Gasteiger partial charge in [0.25, 0.3) is 0 Å². The maximum absolute atomic E-state index is 10.6. The molecule has 1 N–H and O–H groups in total. The molecule has 0 spiro atoms. The van der Waals surface area contributed by atoms with Crippen molar-refractivity contribution in [3.05, 3.63) is 60.7 Å². The van der Waals surface area contributed by atoms with Crippen LogP contribution in [0, 0.1) is 0 Å². The van der Waals surface area contributed by atoms with E-state index >= 15 is 0 Å². The minimum atomic E-state index is -0.716. The van der Waals surface area contributed by atoms with E-state index in [9.17, 15) is 5.11 Å². The number of aliphatic hydroxyl groups excluding tert-OH is 1. The fourth-order valence-electron chi connectivity index (χ4n) is 2.50. The van der Waals surface area contributed by atoms with Crippen molar-refractivity contribution < 1.29 is 5.11 Å². The van der Waals surface area contributed by atoms with Gasteiger partial charge in [0.1, 0.15) is 6.10 Å². The summed E-state index contributed by atoms with van der Waals surface area (Å²) in [5, 5.41) is 11.3. The predicted molar refractivity (Wildman–Crippen MR) is 82.6 cm³/mol. The van der Waals surface area contributed by atoms with Crippen LogP contribution in [0.15, 0.2) is 33.3 Å². The second kappa shape index (κ2) is 5.17. The maximum atomic E-state index is 10.6. The van der Waals surface area contributed by atoms with Crippen LogP contribution in [0.2, 0.25) is 5.02 Å². The summed E-state index contributed by atoms with van der Waals surface area (Å²) in [6.07, 6.45) is 2.69. The van der Waals surface area contributed by atoms with E-state index in [4.69, 9.17) is 11.6 Å². The number of aliphatic hydroxyl groups is 1. The van der Waals surface area contributed by atoms with Crippen LogP contribution in [0.5, 0.6) is 0 Å². The SMILES string of the molecule is O[C@H]1c2ncc(Br)cc2CCc2cc(Cl)cc(Br)c21. The molecule has 2 aromatic rings. The lowest BCUT2D eigenvalue weighted by Gasteiger charge is -2.15. The highest BCUT2D eigenvalue weighted by Crippen LogP contribution is 2.38. The van der Waals surface area contributed by atoms with E-state index in [0.29, 0.717) is 5.02 Å². The largest absolute Gasteiger partial charge is 0.382 e. The van der Waals surface area contributed by atoms with E-state index < -0.39 is 6.10 Å². The lowest BCUT2D eigenvalue weighted by atomic mass is 10.0. The number of fused-ring (bicyclic) bond motifs is 2. The quantitative estimate of drug-likeness (QED) is 0.706. The summed E-state index contributed by atoms with van der Waals surface area (Å²) >= 11 is 13.0. The molecule has 1 heterocycles. The van der Waals surface area contributed by atoms with Crippen molar-refractivity contribution in [3.63, 3.8) is 0 Å². The highest BCUT2D eigenvalue weighted by atomic mass is 79.9. The predicted octanol–water partition coefficient (Wildman–Crippen LogP) is 4.44. The fraction of sp³-hybridized carbons (Fsp3) is 0.214. The molecular weight excluding hydrogens is 393 g/mol. The van der Waals surface area contributed by atoms with Gasteiger partial charge in [0, 0.05) is 25.7 Å². The Bertz CT molecular complexity index is 660. The van der Waals surface area contributed by atoms with E-state index in [1.807, 2.05) is 18.2 Å². The van der Waals surface area contributed by atoms with Gasteiger partial charge in [0.15, 0.2) is 0 Å². The number of hydrogen-bond acceptors (Lipinski definition) is 2. The zero-order valence-corrected chi connectivity index (χ0v) is 13.8. The first-order valence-corrected chi connectivity index (χ1v) is 7.83. The summed E-state index contributed by atoms with van der Waals surface area (Å²) < 4.78 is 1.77. The van der Waals surface area contributed by atoms with Crippen LogP contribution in [0.4, 0.5) is 0 Å². The molecule has 0 fully saturated rings. The number of halogens is 3. The molecule has 1 aromatic heterocycles. The Kier molecular flexibility index (Phi) is 3.69. The summed E-state index contributed by atoms with van der Waals surface area (Å²) in [7, 11) is 0. The molecule has 0 unspecified atom stereocenters. The van der Waals surface area contributed by atoms with Gasteiger partial charge in [-0.05, 0) is 58.1 Å². The van der Waals surface area contributed by atoms with Gasteiger partial charge in [-0.15, -0.1) is 0 Å². The highest BCUT2D eigenvalue weighted by molar-refractivity contribution is 9.10. The smallest absolute Gasteiger partial charge is 0.123 e. The average Bonchev–Trinajstić information content (AvgIpc) is 2.47. The fourth-order valence-corrected chi connectivity index (χ4v) is 3.96. The molecule has 0 saturated carbocycles. The number of rotatable bonds is 0. The van der Waals surface area contributed by atoms with Crippen molar-refractivity contribution in [1.82, 2.24) is 4.98 Å². The molecule has 3 rings (SSSR count). The number of aromatic nitrogens is 1. The number of aryl methyl sites for hydroxylation is 2. The Hall–Kier alpha value is -0.420. The van der Waals surface area contributed by atoms with Gasteiger partial charge in [0.2, 0.25) is 0 Å². The summed E-state index contributed by atoms with van der Waals surface area (Å²) in [4.78, 5) is 4.37. The first kappa shape index (κ1) is 13.6. The number of hydrogen-bond donors (Lipinski definition) is 1. The minimum Gasteiger partial charge on any atom is -0.382 e. The van der Waals surface area contributed by atoms with Crippen LogP contribution >= 0.6 is 43.5 Å². The molecule has 0 bridgehead atoms. The molecule has 0 radical (unpaired) electrons. The molecule has 98 valence electrons. The first-order valence-electron chi connectivity index (χ1n) is 5.86. The third-order valence-electron chi connectivity index (χ3n) is 3.34. The van der Waals surface area contributed by atoms with Crippen molar-refractivity contribution >= 4 is 43.5 Å². The summed E-state index contributed by atoms with van der Waals surface area (Å²) in [5.74, 6) is 0. The molecule has 0 aliphatic heterocycles. The molecule has 1 aromatic carbocycles. The maximum Gasteiger partial charge on any atom is 0.123 e. The Morgan fingerprint density at radius 3 is 2.68 bits per heavy atom. The van der Waals surface area contributed by atoms with Crippen LogP contribution in [0.1, 0.15) is 28.5 Å². The summed E-state index contributed by atoms with van der Waals surface area (Å²) in [6, 6.07) is 5.76. The van der Waals surface area contributed by atoms with E-state index in [2.05, 4.69) is 36.8 Å². The molecule has 2 nitrogen and oxygen atoms in total. The first-order chi connectivity index (χ1) is 9.06. The van der Waals surface area contributed by atoms with E-state index in [1.165, 1.54) is 0 Å². The van der Waals surface area contributed by atoms with Crippen LogP contribution in [-0.4, -0.2) is 10.1 Å². The topological polar surface area (TPSA) is 33.1 Å². The van der Waals surface area contributed by atoms with Crippen molar-refractivity contribution in [2.75, 3.05) is 0 Å². The summed E-state index contributed by atoms with van der Waals surface area (Å²) in [6.45, 7) is 0. The normalized spacial score (nSPS) is 17.6. The Morgan fingerprint density at radius 1 is 1.16 bits per heavy atom. The number of benzene rings is 1. The van der Waals surface area contributed by atoms with Gasteiger partial charge in [-0.1, -0.05) is 27.5 Å². The van der Waals surface area contributed by atoms with Crippen LogP contribution < -0.4 is 0 Å². The van der Waals surface area contributed by atoms with E-state index in [-0.39, 0.29) is 0 Å². The molecule has 5 heteroatoms. The zero-order chi connectivity index (χ0) is 13.6. The standard InChI is InChI=1S/C14H10Br2ClNO/c15-9-3-8-2-1-7-4-10(17)5-11(16)12(7)14(19)13(8)18-6-9/h3-6,14,19H,1-2H2/t14-/m1/s1. The van der Waals surface area contributed by atoms with Gasteiger partial charge in [-0.2, -0.15) is 0 Å². The Morgan fingerprint density at radius 2 is 1.89 bits per heavy atom. The Balaban J connectivity index is 2.20. The van der Waals surface area contributed by atoms with Crippen LogP contribution in [0.25, 0.3) is 0 Å². The van der Waals surface area contributed by atoms with Crippen LogP contribution in [0.3, 0.4) is 0 Å². The van der Waals surface area contributed by atoms with Crippen molar-refractivity contribution in [2.45, 2.75) is 18.9 Å². The molecule has 1 aliphatic rings. The molecule has 1 aliphatic carbocycles. The van der Waals surface area contributed by atoms with Gasteiger partial charge in [-0.25, -0.2) is 0 Å². The van der Waals surface area contributed by atoms with Gasteiger partial charge in [0.05, 0.1) is 5.69 Å². The lowest BCUT2D eigenvalue weighted by molar-refractivity contribution is 0.214. The molecule has 1 atom stereocenters. The monoisotopic (exact) mass is 401 g/mol. The second-order valence-corrected chi connectivity index (χ2v) is 6.77. The molecule has 0 saturated heterocycles. The van der Waals surface area contributed by atoms with E-state index in [1.54, 1.807) is 6.20 Å². The molecule has 19 heavy (non-hydrogen) atoms. The lowest BCUT2D eigenvalue weighted by Crippen LogP contribution is -2.06.